The number of nitro benzene ring substituents is 1. The van der Waals surface area contributed by atoms with Gasteiger partial charge in [0, 0.05) is 36.2 Å². The Bertz CT molecular complexity index is 483. The highest BCUT2D eigenvalue weighted by atomic mass is 16.6. The Morgan fingerprint density at radius 3 is 2.87 bits per heavy atom. The monoisotopic (exact) mass is 199 g/mol. The van der Waals surface area contributed by atoms with Crippen molar-refractivity contribution >= 4 is 5.69 Å². The van der Waals surface area contributed by atoms with Gasteiger partial charge in [0.2, 0.25) is 0 Å². The zero-order chi connectivity index (χ0) is 10.7. The lowest BCUT2D eigenvalue weighted by molar-refractivity contribution is -0.384. The van der Waals surface area contributed by atoms with Crippen molar-refractivity contribution in [1.29, 1.82) is 0 Å². The zero-order valence-electron chi connectivity index (χ0n) is 7.75. The van der Waals surface area contributed by atoms with Crippen LogP contribution in [-0.2, 0) is 0 Å². The normalized spacial score (nSPS) is 9.87. The second-order valence-corrected chi connectivity index (χ2v) is 2.98. The highest BCUT2D eigenvalue weighted by Crippen LogP contribution is 2.22. The summed E-state index contributed by atoms with van der Waals surface area (Å²) in [6, 6.07) is 11.0. The molecule has 4 nitrogen and oxygen atoms in total. The lowest BCUT2D eigenvalue weighted by Gasteiger charge is -1.99. The first-order valence-corrected chi connectivity index (χ1v) is 4.33. The SMILES string of the molecule is O=[N+]([O-])c1cccc(-c2c[c]cnc2)c1. The van der Waals surface area contributed by atoms with Gasteiger partial charge in [0.25, 0.3) is 5.69 Å². The van der Waals surface area contributed by atoms with Crippen LogP contribution in [0.2, 0.25) is 0 Å². The average Bonchev–Trinajstić information content (AvgIpc) is 2.30. The third-order valence-corrected chi connectivity index (χ3v) is 1.99. The minimum atomic E-state index is -0.413. The second-order valence-electron chi connectivity index (χ2n) is 2.98. The van der Waals surface area contributed by atoms with Gasteiger partial charge >= 0.3 is 0 Å². The van der Waals surface area contributed by atoms with E-state index in [0.717, 1.165) is 11.1 Å². The Hall–Kier alpha value is -2.23. The molecule has 0 unspecified atom stereocenters. The van der Waals surface area contributed by atoms with Gasteiger partial charge in [-0.05, 0) is 11.6 Å². The molecule has 15 heavy (non-hydrogen) atoms. The molecule has 0 spiro atoms. The van der Waals surface area contributed by atoms with Gasteiger partial charge in [-0.15, -0.1) is 0 Å². The van der Waals surface area contributed by atoms with Crippen molar-refractivity contribution in [3.63, 3.8) is 0 Å². The first kappa shape index (κ1) is 9.33. The fourth-order valence-corrected chi connectivity index (χ4v) is 1.28. The first-order valence-electron chi connectivity index (χ1n) is 4.33. The molecule has 0 aliphatic carbocycles. The molecule has 1 radical (unpaired) electrons. The largest absolute Gasteiger partial charge is 0.270 e. The molecule has 0 bridgehead atoms. The molecule has 73 valence electrons. The van der Waals surface area contributed by atoms with Crippen molar-refractivity contribution in [3.8, 4) is 11.1 Å². The first-order chi connectivity index (χ1) is 7.27. The maximum atomic E-state index is 10.6. The summed E-state index contributed by atoms with van der Waals surface area (Å²) in [5.74, 6) is 0. The molecule has 0 N–H and O–H groups in total. The topological polar surface area (TPSA) is 56.0 Å². The van der Waals surface area contributed by atoms with Gasteiger partial charge in [0.15, 0.2) is 0 Å². The Kier molecular flexibility index (Phi) is 2.41. The van der Waals surface area contributed by atoms with E-state index in [-0.39, 0.29) is 5.69 Å². The molecule has 0 fully saturated rings. The third-order valence-electron chi connectivity index (χ3n) is 1.99. The average molecular weight is 199 g/mol. The number of pyridine rings is 1. The number of aromatic nitrogens is 1. The number of rotatable bonds is 2. The van der Waals surface area contributed by atoms with Crippen molar-refractivity contribution in [2.75, 3.05) is 0 Å². The van der Waals surface area contributed by atoms with E-state index in [2.05, 4.69) is 11.1 Å². The van der Waals surface area contributed by atoms with Crippen molar-refractivity contribution in [1.82, 2.24) is 4.98 Å². The molecule has 1 aromatic carbocycles. The highest BCUT2D eigenvalue weighted by Gasteiger charge is 2.06. The van der Waals surface area contributed by atoms with Crippen LogP contribution in [0.3, 0.4) is 0 Å². The van der Waals surface area contributed by atoms with Crippen molar-refractivity contribution < 1.29 is 4.92 Å². The summed E-state index contributed by atoms with van der Waals surface area (Å²) in [5, 5.41) is 10.6. The fraction of sp³-hybridized carbons (Fsp3) is 0. The van der Waals surface area contributed by atoms with Crippen LogP contribution in [0.4, 0.5) is 5.69 Å². The molecular weight excluding hydrogens is 192 g/mol. The van der Waals surface area contributed by atoms with Gasteiger partial charge in [0.1, 0.15) is 0 Å². The quantitative estimate of drug-likeness (QED) is 0.551. The summed E-state index contributed by atoms with van der Waals surface area (Å²) in [6.45, 7) is 0. The van der Waals surface area contributed by atoms with Gasteiger partial charge in [-0.1, -0.05) is 12.1 Å². The lowest BCUT2D eigenvalue weighted by atomic mass is 10.1. The second kappa shape index (κ2) is 3.88. The van der Waals surface area contributed by atoms with E-state index in [1.807, 2.05) is 0 Å². The Morgan fingerprint density at radius 2 is 2.20 bits per heavy atom. The van der Waals surface area contributed by atoms with Crippen LogP contribution < -0.4 is 0 Å². The number of benzene rings is 1. The minimum absolute atomic E-state index is 0.0800. The predicted molar refractivity (Wildman–Crippen MR) is 55.2 cm³/mol. The van der Waals surface area contributed by atoms with Crippen molar-refractivity contribution in [3.05, 3.63) is 58.9 Å². The molecule has 0 saturated heterocycles. The van der Waals surface area contributed by atoms with Crippen molar-refractivity contribution in [2.45, 2.75) is 0 Å². The van der Waals surface area contributed by atoms with E-state index < -0.39 is 4.92 Å². The Labute approximate surface area is 86.4 Å². The van der Waals surface area contributed by atoms with Crippen LogP contribution in [0, 0.1) is 16.2 Å². The molecule has 0 aliphatic rings. The van der Waals surface area contributed by atoms with Gasteiger partial charge < -0.3 is 0 Å². The van der Waals surface area contributed by atoms with E-state index in [0.29, 0.717) is 0 Å². The maximum Gasteiger partial charge on any atom is 0.270 e. The fourth-order valence-electron chi connectivity index (χ4n) is 1.28. The molecule has 2 aromatic rings. The van der Waals surface area contributed by atoms with E-state index in [1.165, 1.54) is 12.1 Å². The maximum absolute atomic E-state index is 10.6. The van der Waals surface area contributed by atoms with Crippen LogP contribution >= 0.6 is 0 Å². The number of hydrogen-bond acceptors (Lipinski definition) is 3. The van der Waals surface area contributed by atoms with E-state index in [9.17, 15) is 10.1 Å². The number of hydrogen-bond donors (Lipinski definition) is 0. The van der Waals surface area contributed by atoms with Crippen LogP contribution in [0.15, 0.2) is 42.7 Å². The number of nitrogens with zero attached hydrogens (tertiary/aromatic N) is 2. The number of nitro groups is 1. The highest BCUT2D eigenvalue weighted by molar-refractivity contribution is 5.64. The summed E-state index contributed by atoms with van der Waals surface area (Å²) in [6.07, 6.45) is 3.19. The molecule has 4 heteroatoms. The minimum Gasteiger partial charge on any atom is -0.263 e. The molecule has 0 amide bonds. The molecular formula is C11H7N2O2. The standard InChI is InChI=1S/C11H7N2O2/c14-13(15)11-5-1-3-9(7-11)10-4-2-6-12-8-10/h1,3-8H. The summed E-state index contributed by atoms with van der Waals surface area (Å²) in [5.41, 5.74) is 1.67. The van der Waals surface area contributed by atoms with Crippen LogP contribution in [0.5, 0.6) is 0 Å². The molecule has 1 aromatic heterocycles. The van der Waals surface area contributed by atoms with Crippen molar-refractivity contribution in [2.24, 2.45) is 0 Å². The van der Waals surface area contributed by atoms with Gasteiger partial charge in [-0.25, -0.2) is 0 Å². The molecule has 0 saturated carbocycles. The third kappa shape index (κ3) is 1.99. The molecule has 2 rings (SSSR count). The van der Waals surface area contributed by atoms with Gasteiger partial charge in [0.05, 0.1) is 4.92 Å². The predicted octanol–water partition coefficient (Wildman–Crippen LogP) is 2.46. The summed E-state index contributed by atoms with van der Waals surface area (Å²) >= 11 is 0. The lowest BCUT2D eigenvalue weighted by Crippen LogP contribution is -1.88. The van der Waals surface area contributed by atoms with E-state index in [4.69, 9.17) is 0 Å². The number of non-ortho nitro benzene ring substituents is 1. The van der Waals surface area contributed by atoms with Crippen LogP contribution in [0.25, 0.3) is 11.1 Å². The zero-order valence-corrected chi connectivity index (χ0v) is 7.75. The van der Waals surface area contributed by atoms with Gasteiger partial charge in [-0.3, -0.25) is 15.1 Å². The molecule has 1 heterocycles. The Balaban J connectivity index is 2.46. The smallest absolute Gasteiger partial charge is 0.263 e. The van der Waals surface area contributed by atoms with Crippen LogP contribution in [-0.4, -0.2) is 9.91 Å². The van der Waals surface area contributed by atoms with Crippen LogP contribution in [0.1, 0.15) is 0 Å². The Morgan fingerprint density at radius 1 is 1.33 bits per heavy atom. The van der Waals surface area contributed by atoms with Gasteiger partial charge in [-0.2, -0.15) is 0 Å². The molecule has 0 aliphatic heterocycles. The van der Waals surface area contributed by atoms with E-state index in [1.54, 1.807) is 30.6 Å². The summed E-state index contributed by atoms with van der Waals surface area (Å²) < 4.78 is 0. The molecule has 0 atom stereocenters. The summed E-state index contributed by atoms with van der Waals surface area (Å²) in [4.78, 5) is 14.1. The van der Waals surface area contributed by atoms with E-state index >= 15 is 0 Å². The summed E-state index contributed by atoms with van der Waals surface area (Å²) in [7, 11) is 0.